The highest BCUT2D eigenvalue weighted by atomic mass is 35.5. The van der Waals surface area contributed by atoms with Crippen molar-refractivity contribution >= 4 is 17.5 Å². The molecule has 0 aliphatic rings. The molecule has 0 saturated heterocycles. The minimum absolute atomic E-state index is 0.136. The number of carbonyl (C=O) groups excluding carboxylic acids is 1. The van der Waals surface area contributed by atoms with E-state index in [1.54, 1.807) is 24.3 Å². The molecule has 3 nitrogen and oxygen atoms in total. The summed E-state index contributed by atoms with van der Waals surface area (Å²) >= 11 is 5.81. The van der Waals surface area contributed by atoms with E-state index in [1.165, 1.54) is 0 Å². The third kappa shape index (κ3) is 3.84. The second kappa shape index (κ2) is 6.74. The van der Waals surface area contributed by atoms with Crippen LogP contribution >= 0.6 is 11.6 Å². The number of carbonyl (C=O) groups is 1. The lowest BCUT2D eigenvalue weighted by Gasteiger charge is -2.05. The molecule has 2 aromatic carbocycles. The Kier molecular flexibility index (Phi) is 4.75. The third-order valence-electron chi connectivity index (χ3n) is 2.89. The van der Waals surface area contributed by atoms with Gasteiger partial charge in [-0.05, 0) is 48.4 Å². The van der Waals surface area contributed by atoms with Crippen LogP contribution in [-0.4, -0.2) is 12.5 Å². The average Bonchev–Trinajstić information content (AvgIpc) is 2.49. The smallest absolute Gasteiger partial charge is 0.251 e. The van der Waals surface area contributed by atoms with Gasteiger partial charge in [0.1, 0.15) is 0 Å². The molecule has 0 radical (unpaired) electrons. The summed E-state index contributed by atoms with van der Waals surface area (Å²) in [5.41, 5.74) is 2.22. The van der Waals surface area contributed by atoms with Gasteiger partial charge in [-0.25, -0.2) is 0 Å². The van der Waals surface area contributed by atoms with E-state index >= 15 is 0 Å². The van der Waals surface area contributed by atoms with Crippen molar-refractivity contribution in [3.8, 4) is 6.07 Å². The number of benzene rings is 2. The highest BCUT2D eigenvalue weighted by molar-refractivity contribution is 6.30. The van der Waals surface area contributed by atoms with E-state index in [4.69, 9.17) is 16.9 Å². The monoisotopic (exact) mass is 284 g/mol. The van der Waals surface area contributed by atoms with Crippen molar-refractivity contribution in [2.24, 2.45) is 0 Å². The molecule has 100 valence electrons. The van der Waals surface area contributed by atoms with Crippen LogP contribution in [0.1, 0.15) is 21.5 Å². The van der Waals surface area contributed by atoms with Crippen molar-refractivity contribution in [1.82, 2.24) is 5.32 Å². The molecule has 20 heavy (non-hydrogen) atoms. The number of amides is 1. The van der Waals surface area contributed by atoms with E-state index in [-0.39, 0.29) is 5.91 Å². The van der Waals surface area contributed by atoms with Gasteiger partial charge in [0.15, 0.2) is 0 Å². The number of hydrogen-bond donors (Lipinski definition) is 1. The zero-order valence-electron chi connectivity index (χ0n) is 10.8. The normalized spacial score (nSPS) is 9.80. The lowest BCUT2D eigenvalue weighted by Crippen LogP contribution is -2.25. The summed E-state index contributed by atoms with van der Waals surface area (Å²) in [5, 5.41) is 12.2. The van der Waals surface area contributed by atoms with E-state index in [2.05, 4.69) is 5.32 Å². The van der Waals surface area contributed by atoms with Crippen molar-refractivity contribution in [2.75, 3.05) is 6.54 Å². The second-order valence-corrected chi connectivity index (χ2v) is 4.76. The van der Waals surface area contributed by atoms with Gasteiger partial charge in [-0.15, -0.1) is 0 Å². The van der Waals surface area contributed by atoms with Gasteiger partial charge in [-0.2, -0.15) is 5.26 Å². The maximum absolute atomic E-state index is 11.9. The Morgan fingerprint density at radius 3 is 2.35 bits per heavy atom. The van der Waals surface area contributed by atoms with E-state index in [0.29, 0.717) is 22.7 Å². The molecular weight excluding hydrogens is 272 g/mol. The van der Waals surface area contributed by atoms with Gasteiger partial charge in [0, 0.05) is 17.1 Å². The first-order chi connectivity index (χ1) is 9.69. The largest absolute Gasteiger partial charge is 0.352 e. The summed E-state index contributed by atoms with van der Waals surface area (Å²) in [7, 11) is 0. The summed E-state index contributed by atoms with van der Waals surface area (Å²) in [6.07, 6.45) is 0.749. The van der Waals surface area contributed by atoms with Gasteiger partial charge in [-0.3, -0.25) is 4.79 Å². The number of nitrogens with zero attached hydrogens (tertiary/aromatic N) is 1. The molecule has 4 heteroatoms. The summed E-state index contributed by atoms with van der Waals surface area (Å²) < 4.78 is 0. The van der Waals surface area contributed by atoms with E-state index in [0.717, 1.165) is 12.0 Å². The Labute approximate surface area is 122 Å². The van der Waals surface area contributed by atoms with Gasteiger partial charge in [-0.1, -0.05) is 23.7 Å². The number of hydrogen-bond acceptors (Lipinski definition) is 2. The molecule has 0 spiro atoms. The number of halogens is 1. The minimum Gasteiger partial charge on any atom is -0.352 e. The zero-order valence-corrected chi connectivity index (χ0v) is 11.5. The molecule has 2 rings (SSSR count). The molecule has 1 amide bonds. The number of rotatable bonds is 4. The maximum atomic E-state index is 11.9. The van der Waals surface area contributed by atoms with E-state index in [9.17, 15) is 4.79 Å². The van der Waals surface area contributed by atoms with Crippen LogP contribution in [0.4, 0.5) is 0 Å². The fraction of sp³-hybridized carbons (Fsp3) is 0.125. The zero-order chi connectivity index (χ0) is 14.4. The lowest BCUT2D eigenvalue weighted by atomic mass is 10.1. The van der Waals surface area contributed by atoms with E-state index < -0.39 is 0 Å². The lowest BCUT2D eigenvalue weighted by molar-refractivity contribution is 0.0954. The molecule has 0 heterocycles. The Hall–Kier alpha value is -2.31. The molecule has 0 unspecified atom stereocenters. The predicted octanol–water partition coefficient (Wildman–Crippen LogP) is 3.18. The fourth-order valence-corrected chi connectivity index (χ4v) is 1.90. The summed E-state index contributed by atoms with van der Waals surface area (Å²) in [6.45, 7) is 0.556. The highest BCUT2D eigenvalue weighted by Crippen LogP contribution is 2.09. The van der Waals surface area contributed by atoms with Gasteiger partial charge < -0.3 is 5.32 Å². The average molecular weight is 285 g/mol. The first kappa shape index (κ1) is 14.1. The molecule has 0 aromatic heterocycles. The number of nitrogens with one attached hydrogen (secondary N) is 1. The SMILES string of the molecule is N#Cc1ccc(C(=O)NCCc2ccc(Cl)cc2)cc1. The number of nitriles is 1. The molecule has 0 aliphatic heterocycles. The third-order valence-corrected chi connectivity index (χ3v) is 3.14. The van der Waals surface area contributed by atoms with Crippen LogP contribution in [0.5, 0.6) is 0 Å². The van der Waals surface area contributed by atoms with Gasteiger partial charge >= 0.3 is 0 Å². The quantitative estimate of drug-likeness (QED) is 0.937. The first-order valence-corrected chi connectivity index (χ1v) is 6.59. The van der Waals surface area contributed by atoms with Crippen LogP contribution in [-0.2, 0) is 6.42 Å². The molecule has 0 atom stereocenters. The standard InChI is InChI=1S/C16H13ClN2O/c17-15-7-3-12(4-8-15)9-10-19-16(20)14-5-1-13(11-18)2-6-14/h1-8H,9-10H2,(H,19,20). The van der Waals surface area contributed by atoms with Crippen LogP contribution in [0.25, 0.3) is 0 Å². The second-order valence-electron chi connectivity index (χ2n) is 4.32. The van der Waals surface area contributed by atoms with Crippen LogP contribution in [0.2, 0.25) is 5.02 Å². The predicted molar refractivity (Wildman–Crippen MR) is 78.6 cm³/mol. The maximum Gasteiger partial charge on any atom is 0.251 e. The molecule has 1 N–H and O–H groups in total. The Balaban J connectivity index is 1.85. The summed E-state index contributed by atoms with van der Waals surface area (Å²) in [6, 6.07) is 16.1. The molecule has 0 fully saturated rings. The first-order valence-electron chi connectivity index (χ1n) is 6.22. The van der Waals surface area contributed by atoms with Gasteiger partial charge in [0.2, 0.25) is 0 Å². The van der Waals surface area contributed by atoms with Gasteiger partial charge in [0.05, 0.1) is 11.6 Å². The van der Waals surface area contributed by atoms with Crippen LogP contribution in [0.15, 0.2) is 48.5 Å². The molecule has 2 aromatic rings. The van der Waals surface area contributed by atoms with Crippen molar-refractivity contribution in [1.29, 1.82) is 5.26 Å². The summed E-state index contributed by atoms with van der Waals surface area (Å²) in [5.74, 6) is -0.136. The van der Waals surface area contributed by atoms with Crippen LogP contribution < -0.4 is 5.32 Å². The fourth-order valence-electron chi connectivity index (χ4n) is 1.77. The van der Waals surface area contributed by atoms with Crippen molar-refractivity contribution in [3.05, 3.63) is 70.2 Å². The molecule has 0 bridgehead atoms. The summed E-state index contributed by atoms with van der Waals surface area (Å²) in [4.78, 5) is 11.9. The Morgan fingerprint density at radius 1 is 1.10 bits per heavy atom. The Morgan fingerprint density at radius 2 is 1.75 bits per heavy atom. The van der Waals surface area contributed by atoms with Crippen LogP contribution in [0, 0.1) is 11.3 Å². The van der Waals surface area contributed by atoms with E-state index in [1.807, 2.05) is 30.3 Å². The van der Waals surface area contributed by atoms with Gasteiger partial charge in [0.25, 0.3) is 5.91 Å². The topological polar surface area (TPSA) is 52.9 Å². The van der Waals surface area contributed by atoms with Crippen molar-refractivity contribution in [2.45, 2.75) is 6.42 Å². The molecule has 0 saturated carbocycles. The van der Waals surface area contributed by atoms with Crippen molar-refractivity contribution < 1.29 is 4.79 Å². The van der Waals surface area contributed by atoms with Crippen molar-refractivity contribution in [3.63, 3.8) is 0 Å². The minimum atomic E-state index is -0.136. The Bertz CT molecular complexity index is 627. The molecule has 0 aliphatic carbocycles. The highest BCUT2D eigenvalue weighted by Gasteiger charge is 2.04. The molecular formula is C16H13ClN2O. The van der Waals surface area contributed by atoms with Crippen LogP contribution in [0.3, 0.4) is 0 Å².